The second-order valence-corrected chi connectivity index (χ2v) is 7.93. The summed E-state index contributed by atoms with van der Waals surface area (Å²) in [5, 5.41) is 9.94. The van der Waals surface area contributed by atoms with Crippen LogP contribution in [0.25, 0.3) is 11.1 Å². The van der Waals surface area contributed by atoms with Gasteiger partial charge in [-0.2, -0.15) is 5.26 Å². The van der Waals surface area contributed by atoms with E-state index in [1.54, 1.807) is 6.26 Å². The molecule has 6 heteroatoms. The largest absolute Gasteiger partial charge is 0.465 e. The van der Waals surface area contributed by atoms with Crippen LogP contribution in [0.4, 0.5) is 0 Å². The molecule has 5 nitrogen and oxygen atoms in total. The monoisotopic (exact) mass is 398 g/mol. The van der Waals surface area contributed by atoms with Crippen molar-refractivity contribution in [2.24, 2.45) is 11.7 Å². The highest BCUT2D eigenvalue weighted by molar-refractivity contribution is 7.27. The molecule has 1 saturated heterocycles. The lowest BCUT2D eigenvalue weighted by Crippen LogP contribution is -2.45. The third kappa shape index (κ3) is 4.83. The van der Waals surface area contributed by atoms with Crippen LogP contribution >= 0.6 is 9.24 Å². The van der Waals surface area contributed by atoms with Crippen LogP contribution < -0.4 is 15.8 Å². The summed E-state index contributed by atoms with van der Waals surface area (Å²) < 4.78 is 17.2. The van der Waals surface area contributed by atoms with E-state index in [0.717, 1.165) is 28.6 Å². The molecule has 3 rings (SSSR count). The van der Waals surface area contributed by atoms with Crippen molar-refractivity contribution in [3.63, 3.8) is 0 Å². The smallest absolute Gasteiger partial charge is 0.286 e. The highest BCUT2D eigenvalue weighted by Crippen LogP contribution is 2.32. The van der Waals surface area contributed by atoms with Crippen molar-refractivity contribution < 1.29 is 14.2 Å². The Morgan fingerprint density at radius 2 is 2.07 bits per heavy atom. The van der Waals surface area contributed by atoms with Crippen LogP contribution in [0.3, 0.4) is 0 Å². The molecule has 0 spiro atoms. The standard InChI is InChI=1S/C22H27N2O3P/c1-14-10-21(26-15(2)22(14)25-13-24)27-18-7-6-16(8-9-23)20(12-18)17-4-3-5-19(28)11-17/h3-7,11-12,14-15,21-22H,8-10,23,28H2,1-2H3/t14-,15-,21?,22?/m0/s1. The van der Waals surface area contributed by atoms with E-state index < -0.39 is 0 Å². The fraction of sp³-hybridized carbons (Fsp3) is 0.409. The molecule has 1 aliphatic heterocycles. The number of ether oxygens (including phenoxy) is 3. The van der Waals surface area contributed by atoms with E-state index >= 15 is 0 Å². The summed E-state index contributed by atoms with van der Waals surface area (Å²) >= 11 is 0. The number of rotatable bonds is 6. The first kappa shape index (κ1) is 20.6. The van der Waals surface area contributed by atoms with Gasteiger partial charge in [0.25, 0.3) is 6.26 Å². The topological polar surface area (TPSA) is 77.5 Å². The van der Waals surface area contributed by atoms with Crippen LogP contribution in [-0.4, -0.2) is 25.0 Å². The maximum absolute atomic E-state index is 8.81. The molecule has 148 valence electrons. The Balaban J connectivity index is 1.82. The van der Waals surface area contributed by atoms with Crippen molar-refractivity contribution in [3.8, 4) is 23.1 Å². The van der Waals surface area contributed by atoms with Gasteiger partial charge >= 0.3 is 0 Å². The van der Waals surface area contributed by atoms with Crippen LogP contribution in [0.1, 0.15) is 25.8 Å². The first-order valence-electron chi connectivity index (χ1n) is 9.57. The molecule has 2 aromatic carbocycles. The quantitative estimate of drug-likeness (QED) is 0.596. The van der Waals surface area contributed by atoms with E-state index in [9.17, 15) is 0 Å². The van der Waals surface area contributed by atoms with E-state index in [1.807, 2.05) is 19.1 Å². The molecule has 2 N–H and O–H groups in total. The molecule has 0 radical (unpaired) electrons. The molecule has 0 saturated carbocycles. The Morgan fingerprint density at radius 3 is 2.75 bits per heavy atom. The van der Waals surface area contributed by atoms with Crippen LogP contribution in [0.5, 0.6) is 5.75 Å². The molecule has 0 bridgehead atoms. The average Bonchev–Trinajstić information content (AvgIpc) is 2.66. The summed E-state index contributed by atoms with van der Waals surface area (Å²) in [6, 6.07) is 14.4. The van der Waals surface area contributed by atoms with Crippen LogP contribution in [0, 0.1) is 17.4 Å². The van der Waals surface area contributed by atoms with Crippen LogP contribution in [0.15, 0.2) is 42.5 Å². The maximum Gasteiger partial charge on any atom is 0.286 e. The second-order valence-electron chi connectivity index (χ2n) is 7.26. The summed E-state index contributed by atoms with van der Waals surface area (Å²) in [5.41, 5.74) is 9.25. The van der Waals surface area contributed by atoms with Gasteiger partial charge in [-0.1, -0.05) is 31.2 Å². The Labute approximate surface area is 169 Å². The molecule has 3 unspecified atom stereocenters. The number of benzene rings is 2. The van der Waals surface area contributed by atoms with Crippen molar-refractivity contribution >= 4 is 14.5 Å². The normalized spacial score (nSPS) is 24.4. The summed E-state index contributed by atoms with van der Waals surface area (Å²) in [6.07, 6.45) is 2.43. The van der Waals surface area contributed by atoms with Gasteiger partial charge in [0.05, 0.1) is 6.10 Å². The zero-order chi connectivity index (χ0) is 20.1. The summed E-state index contributed by atoms with van der Waals surface area (Å²) in [7, 11) is 2.73. The molecule has 0 aromatic heterocycles. The minimum Gasteiger partial charge on any atom is -0.465 e. The minimum atomic E-state index is -0.371. The Kier molecular flexibility index (Phi) is 6.91. The number of hydrogen-bond acceptors (Lipinski definition) is 5. The molecular formula is C22H27N2O3P. The van der Waals surface area contributed by atoms with Gasteiger partial charge in [0.2, 0.25) is 6.29 Å². The van der Waals surface area contributed by atoms with E-state index in [4.69, 9.17) is 25.2 Å². The lowest BCUT2D eigenvalue weighted by Gasteiger charge is -2.37. The number of nitrogens with two attached hydrogens (primary N) is 1. The Hall–Kier alpha value is -2.12. The fourth-order valence-electron chi connectivity index (χ4n) is 3.75. The van der Waals surface area contributed by atoms with E-state index in [0.29, 0.717) is 13.0 Å². The fourth-order valence-corrected chi connectivity index (χ4v) is 4.04. The van der Waals surface area contributed by atoms with Gasteiger partial charge in [-0.3, -0.25) is 0 Å². The Bertz CT molecular complexity index is 840. The van der Waals surface area contributed by atoms with Crippen molar-refractivity contribution in [1.29, 1.82) is 5.26 Å². The second kappa shape index (κ2) is 9.39. The molecule has 5 atom stereocenters. The summed E-state index contributed by atoms with van der Waals surface area (Å²) in [6.45, 7) is 4.56. The third-order valence-electron chi connectivity index (χ3n) is 5.10. The van der Waals surface area contributed by atoms with Crippen molar-refractivity contribution in [2.75, 3.05) is 6.54 Å². The zero-order valence-corrected chi connectivity index (χ0v) is 17.5. The molecule has 2 aromatic rings. The zero-order valence-electron chi connectivity index (χ0n) is 16.3. The van der Waals surface area contributed by atoms with E-state index in [1.165, 1.54) is 5.56 Å². The van der Waals surface area contributed by atoms with Gasteiger partial charge in [0.1, 0.15) is 11.9 Å². The Morgan fingerprint density at radius 1 is 1.25 bits per heavy atom. The first-order valence-corrected chi connectivity index (χ1v) is 10.1. The predicted octanol–water partition coefficient (Wildman–Crippen LogP) is 3.37. The maximum atomic E-state index is 8.81. The molecule has 1 fully saturated rings. The average molecular weight is 398 g/mol. The molecule has 1 heterocycles. The molecule has 0 aliphatic carbocycles. The first-order chi connectivity index (χ1) is 13.5. The van der Waals surface area contributed by atoms with Gasteiger partial charge < -0.3 is 19.9 Å². The minimum absolute atomic E-state index is 0.165. The number of nitriles is 1. The van der Waals surface area contributed by atoms with E-state index in [-0.39, 0.29) is 24.4 Å². The highest BCUT2D eigenvalue weighted by Gasteiger charge is 2.36. The van der Waals surface area contributed by atoms with Gasteiger partial charge in [0.15, 0.2) is 0 Å². The van der Waals surface area contributed by atoms with Gasteiger partial charge in [0, 0.05) is 12.3 Å². The van der Waals surface area contributed by atoms with E-state index in [2.05, 4.69) is 46.5 Å². The summed E-state index contributed by atoms with van der Waals surface area (Å²) in [5.74, 6) is 0.923. The lowest BCUT2D eigenvalue weighted by molar-refractivity contribution is -0.197. The predicted molar refractivity (Wildman–Crippen MR) is 113 cm³/mol. The lowest BCUT2D eigenvalue weighted by atomic mass is 9.93. The molecule has 0 amide bonds. The van der Waals surface area contributed by atoms with Gasteiger partial charge in [-0.15, -0.1) is 9.24 Å². The molecular weight excluding hydrogens is 371 g/mol. The van der Waals surface area contributed by atoms with Crippen LogP contribution in [0.2, 0.25) is 0 Å². The summed E-state index contributed by atoms with van der Waals surface area (Å²) in [4.78, 5) is 0. The van der Waals surface area contributed by atoms with Gasteiger partial charge in [-0.05, 0) is 60.1 Å². The third-order valence-corrected chi connectivity index (χ3v) is 5.46. The van der Waals surface area contributed by atoms with Crippen molar-refractivity contribution in [2.45, 2.75) is 45.2 Å². The SMILES string of the molecule is C[C@@H]1OC(Oc2ccc(CCN)c(-c3cccc(P)c3)c2)C[C@H](C)C1OC#N. The highest BCUT2D eigenvalue weighted by atomic mass is 31.0. The van der Waals surface area contributed by atoms with Crippen molar-refractivity contribution in [3.05, 3.63) is 48.0 Å². The van der Waals surface area contributed by atoms with Crippen LogP contribution in [-0.2, 0) is 15.9 Å². The molecule has 28 heavy (non-hydrogen) atoms. The molecule has 1 aliphatic rings. The number of nitrogens with zero attached hydrogens (tertiary/aromatic N) is 1. The van der Waals surface area contributed by atoms with Crippen molar-refractivity contribution in [1.82, 2.24) is 0 Å². The number of hydrogen-bond donors (Lipinski definition) is 1. The van der Waals surface area contributed by atoms with Gasteiger partial charge in [-0.25, -0.2) is 0 Å².